The standard InChI is InChI=1S/C25H23ClN4O2/c1-16-3-4-19(21(13-16)25(32)29-23-10-9-20(26)15-28-23)14-22(31)17-5-7-18(8-6-17)24-27-11-12-30(24)2/h3-10,13,15H,11-12,14H2,1-2H3,(H,28,29,32). The van der Waals surface area contributed by atoms with Crippen LogP contribution < -0.4 is 5.32 Å². The molecule has 162 valence electrons. The number of hydrogen-bond donors (Lipinski definition) is 1. The van der Waals surface area contributed by atoms with Crippen LogP contribution in [-0.2, 0) is 6.42 Å². The Morgan fingerprint density at radius 1 is 1.09 bits per heavy atom. The maximum atomic E-state index is 13.0. The topological polar surface area (TPSA) is 74.7 Å². The zero-order valence-electron chi connectivity index (χ0n) is 17.9. The van der Waals surface area contributed by atoms with Gasteiger partial charge in [0.05, 0.1) is 11.6 Å². The largest absolute Gasteiger partial charge is 0.358 e. The molecular formula is C25H23ClN4O2. The van der Waals surface area contributed by atoms with Crippen molar-refractivity contribution in [2.45, 2.75) is 13.3 Å². The molecule has 1 aromatic heterocycles. The van der Waals surface area contributed by atoms with Gasteiger partial charge in [-0.2, -0.15) is 0 Å². The number of likely N-dealkylation sites (N-methyl/N-ethyl adjacent to an activating group) is 1. The summed E-state index contributed by atoms with van der Waals surface area (Å²) in [6, 6.07) is 16.3. The van der Waals surface area contributed by atoms with E-state index in [1.165, 1.54) is 6.20 Å². The third-order valence-corrected chi connectivity index (χ3v) is 5.58. The van der Waals surface area contributed by atoms with E-state index in [9.17, 15) is 9.59 Å². The first-order valence-corrected chi connectivity index (χ1v) is 10.7. The number of pyridine rings is 1. The number of halogens is 1. The number of rotatable bonds is 6. The van der Waals surface area contributed by atoms with Crippen LogP contribution in [0.3, 0.4) is 0 Å². The van der Waals surface area contributed by atoms with Crippen molar-refractivity contribution >= 4 is 34.9 Å². The molecule has 0 unspecified atom stereocenters. The van der Waals surface area contributed by atoms with Crippen molar-refractivity contribution in [2.75, 3.05) is 25.5 Å². The van der Waals surface area contributed by atoms with E-state index in [-0.39, 0.29) is 18.1 Å². The minimum atomic E-state index is -0.316. The highest BCUT2D eigenvalue weighted by Crippen LogP contribution is 2.19. The van der Waals surface area contributed by atoms with E-state index >= 15 is 0 Å². The molecule has 0 radical (unpaired) electrons. The average molecular weight is 447 g/mol. The number of amides is 1. The molecule has 0 atom stereocenters. The lowest BCUT2D eigenvalue weighted by Gasteiger charge is -2.14. The van der Waals surface area contributed by atoms with Crippen LogP contribution in [0.2, 0.25) is 5.02 Å². The number of aryl methyl sites for hydroxylation is 1. The summed E-state index contributed by atoms with van der Waals surface area (Å²) in [5.74, 6) is 0.968. The number of amidine groups is 1. The molecule has 4 rings (SSSR count). The van der Waals surface area contributed by atoms with E-state index in [1.54, 1.807) is 18.2 Å². The van der Waals surface area contributed by atoms with Gasteiger partial charge in [0.25, 0.3) is 5.91 Å². The molecule has 6 nitrogen and oxygen atoms in total. The molecule has 7 heteroatoms. The molecule has 0 aliphatic carbocycles. The molecule has 2 aromatic carbocycles. The zero-order valence-corrected chi connectivity index (χ0v) is 18.7. The number of ketones is 1. The minimum Gasteiger partial charge on any atom is -0.358 e. The number of Topliss-reactive ketones (excluding diaryl/α,β-unsaturated/α-hetero) is 1. The number of aromatic nitrogens is 1. The highest BCUT2D eigenvalue weighted by molar-refractivity contribution is 6.30. The number of anilines is 1. The molecule has 1 aliphatic rings. The molecule has 3 aromatic rings. The number of nitrogens with zero attached hydrogens (tertiary/aromatic N) is 3. The van der Waals surface area contributed by atoms with E-state index in [1.807, 2.05) is 50.4 Å². The second-order valence-electron chi connectivity index (χ2n) is 7.78. The number of benzene rings is 2. The maximum Gasteiger partial charge on any atom is 0.257 e. The molecule has 2 heterocycles. The Kier molecular flexibility index (Phi) is 6.32. The third kappa shape index (κ3) is 4.86. The lowest BCUT2D eigenvalue weighted by atomic mass is 9.96. The van der Waals surface area contributed by atoms with Crippen molar-refractivity contribution in [1.82, 2.24) is 9.88 Å². The first kappa shape index (κ1) is 21.7. The molecule has 0 bridgehead atoms. The lowest BCUT2D eigenvalue weighted by molar-refractivity contribution is 0.0992. The fourth-order valence-electron chi connectivity index (χ4n) is 3.61. The van der Waals surface area contributed by atoms with Gasteiger partial charge in [-0.3, -0.25) is 14.6 Å². The summed E-state index contributed by atoms with van der Waals surface area (Å²) in [7, 11) is 2.01. The Balaban J connectivity index is 1.52. The normalized spacial score (nSPS) is 13.1. The summed E-state index contributed by atoms with van der Waals surface area (Å²) in [6.45, 7) is 3.60. The monoisotopic (exact) mass is 446 g/mol. The van der Waals surface area contributed by atoms with Crippen LogP contribution in [0.4, 0.5) is 5.82 Å². The van der Waals surface area contributed by atoms with Gasteiger partial charge >= 0.3 is 0 Å². The Hall–Kier alpha value is -3.51. The van der Waals surface area contributed by atoms with E-state index < -0.39 is 0 Å². The molecule has 1 aliphatic heterocycles. The van der Waals surface area contributed by atoms with Crippen molar-refractivity contribution in [3.63, 3.8) is 0 Å². The lowest BCUT2D eigenvalue weighted by Crippen LogP contribution is -2.23. The fraction of sp³-hybridized carbons (Fsp3) is 0.200. The number of carbonyl (C=O) groups is 2. The number of nitrogens with one attached hydrogen (secondary N) is 1. The van der Waals surface area contributed by atoms with Crippen LogP contribution in [0.15, 0.2) is 65.8 Å². The van der Waals surface area contributed by atoms with E-state index in [4.69, 9.17) is 11.6 Å². The first-order chi connectivity index (χ1) is 15.4. The summed E-state index contributed by atoms with van der Waals surface area (Å²) in [5, 5.41) is 3.26. The van der Waals surface area contributed by atoms with Crippen molar-refractivity contribution in [2.24, 2.45) is 4.99 Å². The van der Waals surface area contributed by atoms with Gasteiger partial charge in [-0.25, -0.2) is 4.98 Å². The van der Waals surface area contributed by atoms with Gasteiger partial charge < -0.3 is 10.2 Å². The van der Waals surface area contributed by atoms with Crippen molar-refractivity contribution in [3.05, 3.63) is 93.6 Å². The van der Waals surface area contributed by atoms with Crippen LogP contribution in [0.5, 0.6) is 0 Å². The molecule has 0 saturated carbocycles. The second-order valence-corrected chi connectivity index (χ2v) is 8.22. The summed E-state index contributed by atoms with van der Waals surface area (Å²) in [4.78, 5) is 36.6. The van der Waals surface area contributed by atoms with Gasteiger partial charge in [-0.05, 0) is 30.7 Å². The molecule has 0 fully saturated rings. The number of aliphatic imine (C=N–C) groups is 1. The smallest absolute Gasteiger partial charge is 0.257 e. The van der Waals surface area contributed by atoms with Crippen molar-refractivity contribution in [1.29, 1.82) is 0 Å². The summed E-state index contributed by atoms with van der Waals surface area (Å²) in [5.41, 5.74) is 3.64. The Labute approximate surface area is 192 Å². The van der Waals surface area contributed by atoms with Crippen LogP contribution in [0.1, 0.15) is 37.4 Å². The predicted molar refractivity (Wildman–Crippen MR) is 127 cm³/mol. The summed E-state index contributed by atoms with van der Waals surface area (Å²) < 4.78 is 0. The van der Waals surface area contributed by atoms with Gasteiger partial charge in [-0.15, -0.1) is 0 Å². The van der Waals surface area contributed by atoms with Gasteiger partial charge in [0.15, 0.2) is 5.78 Å². The van der Waals surface area contributed by atoms with Crippen LogP contribution in [0, 0.1) is 6.92 Å². The third-order valence-electron chi connectivity index (χ3n) is 5.35. The Bertz CT molecular complexity index is 1190. The number of hydrogen-bond acceptors (Lipinski definition) is 5. The van der Waals surface area contributed by atoms with Gasteiger partial charge in [0.2, 0.25) is 0 Å². The van der Waals surface area contributed by atoms with E-state index in [2.05, 4.69) is 20.2 Å². The van der Waals surface area contributed by atoms with Gasteiger partial charge in [0, 0.05) is 42.9 Å². The quantitative estimate of drug-likeness (QED) is 0.569. The molecular weight excluding hydrogens is 424 g/mol. The predicted octanol–water partition coefficient (Wildman–Crippen LogP) is 4.41. The zero-order chi connectivity index (χ0) is 22.7. The molecule has 32 heavy (non-hydrogen) atoms. The Morgan fingerprint density at radius 2 is 1.88 bits per heavy atom. The van der Waals surface area contributed by atoms with Crippen LogP contribution in [0.25, 0.3) is 0 Å². The molecule has 1 amide bonds. The highest BCUT2D eigenvalue weighted by atomic mass is 35.5. The summed E-state index contributed by atoms with van der Waals surface area (Å²) in [6.07, 6.45) is 1.59. The molecule has 0 spiro atoms. The van der Waals surface area contributed by atoms with Crippen LogP contribution in [-0.4, -0.2) is 47.5 Å². The number of carbonyl (C=O) groups excluding carboxylic acids is 2. The fourth-order valence-corrected chi connectivity index (χ4v) is 3.73. The van der Waals surface area contributed by atoms with Crippen molar-refractivity contribution < 1.29 is 9.59 Å². The van der Waals surface area contributed by atoms with Gasteiger partial charge in [-0.1, -0.05) is 53.6 Å². The molecule has 0 saturated heterocycles. The minimum absolute atomic E-state index is 0.0548. The van der Waals surface area contributed by atoms with Crippen molar-refractivity contribution in [3.8, 4) is 0 Å². The highest BCUT2D eigenvalue weighted by Gasteiger charge is 2.18. The second kappa shape index (κ2) is 9.32. The van der Waals surface area contributed by atoms with Crippen LogP contribution >= 0.6 is 11.6 Å². The average Bonchev–Trinajstić information content (AvgIpc) is 3.22. The Morgan fingerprint density at radius 3 is 2.53 bits per heavy atom. The maximum absolute atomic E-state index is 13.0. The SMILES string of the molecule is Cc1ccc(CC(=O)c2ccc(C3=NCCN3C)cc2)c(C(=O)Nc2ccc(Cl)cn2)c1. The molecule has 1 N–H and O–H groups in total. The van der Waals surface area contributed by atoms with E-state index in [0.29, 0.717) is 27.5 Å². The van der Waals surface area contributed by atoms with E-state index in [0.717, 1.165) is 30.1 Å². The summed E-state index contributed by atoms with van der Waals surface area (Å²) >= 11 is 5.86. The van der Waals surface area contributed by atoms with Gasteiger partial charge in [0.1, 0.15) is 11.7 Å². The first-order valence-electron chi connectivity index (χ1n) is 10.3.